The number of carbonyl (C=O) groups is 2. The number of nitrogens with one attached hydrogen (secondary N) is 1. The highest BCUT2D eigenvalue weighted by Gasteiger charge is 2.23. The molecule has 1 heterocycles. The zero-order chi connectivity index (χ0) is 15.9. The molecule has 0 spiro atoms. The SMILES string of the molecule is CC(=O)c1cccc(NC(=O)CN2CCCCC2CCO)c1. The second-order valence-corrected chi connectivity index (χ2v) is 5.82. The number of benzene rings is 1. The summed E-state index contributed by atoms with van der Waals surface area (Å²) in [7, 11) is 0. The van der Waals surface area contributed by atoms with E-state index >= 15 is 0 Å². The first-order chi connectivity index (χ1) is 10.6. The maximum atomic E-state index is 12.2. The number of rotatable bonds is 6. The Morgan fingerprint density at radius 3 is 2.91 bits per heavy atom. The summed E-state index contributed by atoms with van der Waals surface area (Å²) in [6.45, 7) is 2.89. The Bertz CT molecular complexity index is 528. The van der Waals surface area contributed by atoms with Gasteiger partial charge in [0, 0.05) is 23.9 Å². The van der Waals surface area contributed by atoms with E-state index in [9.17, 15) is 9.59 Å². The van der Waals surface area contributed by atoms with Gasteiger partial charge in [0.25, 0.3) is 0 Å². The number of likely N-dealkylation sites (tertiary alicyclic amines) is 1. The molecule has 1 aliphatic heterocycles. The van der Waals surface area contributed by atoms with Crippen LogP contribution in [0.3, 0.4) is 0 Å². The summed E-state index contributed by atoms with van der Waals surface area (Å²) in [4.78, 5) is 25.7. The molecule has 1 aromatic carbocycles. The van der Waals surface area contributed by atoms with Gasteiger partial charge in [-0.25, -0.2) is 0 Å². The van der Waals surface area contributed by atoms with E-state index in [1.165, 1.54) is 6.92 Å². The van der Waals surface area contributed by atoms with Crippen molar-refractivity contribution in [2.45, 2.75) is 38.6 Å². The third-order valence-corrected chi connectivity index (χ3v) is 4.11. The minimum atomic E-state index is -0.0782. The number of aliphatic hydroxyl groups excluding tert-OH is 1. The molecule has 5 heteroatoms. The Kier molecular flexibility index (Phi) is 6.10. The van der Waals surface area contributed by atoms with Crippen LogP contribution in [0.1, 0.15) is 43.0 Å². The predicted octanol–water partition coefficient (Wildman–Crippen LogP) is 2.06. The van der Waals surface area contributed by atoms with E-state index in [1.807, 2.05) is 0 Å². The second kappa shape index (κ2) is 8.06. The van der Waals surface area contributed by atoms with E-state index in [4.69, 9.17) is 5.11 Å². The van der Waals surface area contributed by atoms with Gasteiger partial charge in [-0.1, -0.05) is 18.6 Å². The van der Waals surface area contributed by atoms with Gasteiger partial charge in [-0.3, -0.25) is 14.5 Å². The van der Waals surface area contributed by atoms with Gasteiger partial charge in [-0.2, -0.15) is 0 Å². The van der Waals surface area contributed by atoms with Crippen molar-refractivity contribution < 1.29 is 14.7 Å². The lowest BCUT2D eigenvalue weighted by Gasteiger charge is -2.34. The van der Waals surface area contributed by atoms with E-state index in [1.54, 1.807) is 24.3 Å². The summed E-state index contributed by atoms with van der Waals surface area (Å²) < 4.78 is 0. The quantitative estimate of drug-likeness (QED) is 0.789. The molecule has 0 bridgehead atoms. The lowest BCUT2D eigenvalue weighted by atomic mass is 9.99. The molecule has 1 unspecified atom stereocenters. The highest BCUT2D eigenvalue weighted by Crippen LogP contribution is 2.19. The monoisotopic (exact) mass is 304 g/mol. The maximum absolute atomic E-state index is 12.2. The minimum Gasteiger partial charge on any atom is -0.396 e. The molecule has 1 aliphatic rings. The van der Waals surface area contributed by atoms with Crippen LogP contribution < -0.4 is 5.32 Å². The number of piperidine rings is 1. The number of amides is 1. The van der Waals surface area contributed by atoms with Gasteiger partial charge in [0.05, 0.1) is 6.54 Å². The lowest BCUT2D eigenvalue weighted by molar-refractivity contribution is -0.118. The summed E-state index contributed by atoms with van der Waals surface area (Å²) in [5.74, 6) is -0.0966. The van der Waals surface area contributed by atoms with Crippen LogP contribution in [0, 0.1) is 0 Å². The molecule has 0 aliphatic carbocycles. The molecule has 0 aromatic heterocycles. The number of hydrogen-bond donors (Lipinski definition) is 2. The van der Waals surface area contributed by atoms with Gasteiger partial charge in [-0.05, 0) is 44.9 Å². The Morgan fingerprint density at radius 1 is 1.36 bits per heavy atom. The third kappa shape index (κ3) is 4.64. The molecule has 1 saturated heterocycles. The van der Waals surface area contributed by atoms with Gasteiger partial charge in [0.15, 0.2) is 5.78 Å². The van der Waals surface area contributed by atoms with Gasteiger partial charge in [0.1, 0.15) is 0 Å². The average molecular weight is 304 g/mol. The van der Waals surface area contributed by atoms with Crippen molar-refractivity contribution in [1.29, 1.82) is 0 Å². The largest absolute Gasteiger partial charge is 0.396 e. The first-order valence-corrected chi connectivity index (χ1v) is 7.86. The van der Waals surface area contributed by atoms with Crippen LogP contribution in [0.15, 0.2) is 24.3 Å². The van der Waals surface area contributed by atoms with Crippen LogP contribution in [0.5, 0.6) is 0 Å². The van der Waals surface area contributed by atoms with Crippen LogP contribution in [0.25, 0.3) is 0 Å². The highest BCUT2D eigenvalue weighted by atomic mass is 16.3. The molecule has 1 fully saturated rings. The zero-order valence-corrected chi connectivity index (χ0v) is 13.0. The fourth-order valence-corrected chi connectivity index (χ4v) is 2.95. The van der Waals surface area contributed by atoms with Crippen molar-refractivity contribution in [2.24, 2.45) is 0 Å². The predicted molar refractivity (Wildman–Crippen MR) is 86.0 cm³/mol. The van der Waals surface area contributed by atoms with Crippen LogP contribution in [0.2, 0.25) is 0 Å². The Labute approximate surface area is 131 Å². The number of aliphatic hydroxyl groups is 1. The normalized spacial score (nSPS) is 18.9. The Balaban J connectivity index is 1.94. The topological polar surface area (TPSA) is 69.6 Å². The molecule has 5 nitrogen and oxygen atoms in total. The number of hydrogen-bond acceptors (Lipinski definition) is 4. The molecule has 0 radical (unpaired) electrons. The summed E-state index contributed by atoms with van der Waals surface area (Å²) in [5, 5.41) is 12.0. The molecule has 2 N–H and O–H groups in total. The molecule has 22 heavy (non-hydrogen) atoms. The highest BCUT2D eigenvalue weighted by molar-refractivity contribution is 5.97. The Morgan fingerprint density at radius 2 is 2.18 bits per heavy atom. The van der Waals surface area contributed by atoms with Crippen LogP contribution >= 0.6 is 0 Å². The van der Waals surface area contributed by atoms with Crippen LogP contribution in [-0.2, 0) is 4.79 Å². The lowest BCUT2D eigenvalue weighted by Crippen LogP contribution is -2.44. The summed E-state index contributed by atoms with van der Waals surface area (Å²) >= 11 is 0. The van der Waals surface area contributed by atoms with Crippen LogP contribution in [0.4, 0.5) is 5.69 Å². The van der Waals surface area contributed by atoms with Crippen molar-refractivity contribution in [1.82, 2.24) is 4.90 Å². The summed E-state index contributed by atoms with van der Waals surface area (Å²) in [6, 6.07) is 7.27. The van der Waals surface area contributed by atoms with E-state index in [0.29, 0.717) is 24.2 Å². The molecule has 0 saturated carbocycles. The number of Topliss-reactive ketones (excluding diaryl/α,β-unsaturated/α-hetero) is 1. The first kappa shape index (κ1) is 16.6. The molecule has 1 amide bonds. The van der Waals surface area contributed by atoms with Crippen molar-refractivity contribution in [3.63, 3.8) is 0 Å². The molecular weight excluding hydrogens is 280 g/mol. The first-order valence-electron chi connectivity index (χ1n) is 7.86. The third-order valence-electron chi connectivity index (χ3n) is 4.11. The molecule has 1 atom stereocenters. The van der Waals surface area contributed by atoms with Crippen molar-refractivity contribution in [3.8, 4) is 0 Å². The van der Waals surface area contributed by atoms with Crippen molar-refractivity contribution >= 4 is 17.4 Å². The zero-order valence-electron chi connectivity index (χ0n) is 13.0. The molecule has 2 rings (SSSR count). The van der Waals surface area contributed by atoms with E-state index < -0.39 is 0 Å². The summed E-state index contributed by atoms with van der Waals surface area (Å²) in [5.41, 5.74) is 1.24. The number of anilines is 1. The fraction of sp³-hybridized carbons (Fsp3) is 0.529. The Hall–Kier alpha value is -1.72. The van der Waals surface area contributed by atoms with E-state index in [2.05, 4.69) is 10.2 Å². The second-order valence-electron chi connectivity index (χ2n) is 5.82. The average Bonchev–Trinajstić information content (AvgIpc) is 2.49. The van der Waals surface area contributed by atoms with Gasteiger partial charge in [-0.15, -0.1) is 0 Å². The van der Waals surface area contributed by atoms with Crippen molar-refractivity contribution in [3.05, 3.63) is 29.8 Å². The number of carbonyl (C=O) groups excluding carboxylic acids is 2. The number of nitrogens with zero attached hydrogens (tertiary/aromatic N) is 1. The van der Waals surface area contributed by atoms with Gasteiger partial charge >= 0.3 is 0 Å². The van der Waals surface area contributed by atoms with Gasteiger partial charge < -0.3 is 10.4 Å². The minimum absolute atomic E-state index is 0.0184. The van der Waals surface area contributed by atoms with Crippen LogP contribution in [-0.4, -0.2) is 47.4 Å². The van der Waals surface area contributed by atoms with Gasteiger partial charge in [0.2, 0.25) is 5.91 Å². The molecular formula is C17H24N2O3. The van der Waals surface area contributed by atoms with E-state index in [-0.39, 0.29) is 24.3 Å². The number of ketones is 1. The molecule has 1 aromatic rings. The summed E-state index contributed by atoms with van der Waals surface area (Å²) in [6.07, 6.45) is 4.00. The van der Waals surface area contributed by atoms with Crippen molar-refractivity contribution in [2.75, 3.05) is 25.0 Å². The maximum Gasteiger partial charge on any atom is 0.238 e. The fourth-order valence-electron chi connectivity index (χ4n) is 2.95. The smallest absolute Gasteiger partial charge is 0.238 e. The van der Waals surface area contributed by atoms with E-state index in [0.717, 1.165) is 25.8 Å². The standard InChI is InChI=1S/C17H24N2O3/c1-13(21)14-5-4-6-15(11-14)18-17(22)12-19-9-3-2-7-16(19)8-10-20/h4-6,11,16,20H,2-3,7-10,12H2,1H3,(H,18,22). The molecule has 120 valence electrons.